The summed E-state index contributed by atoms with van der Waals surface area (Å²) in [6.07, 6.45) is 4.49. The molecule has 1 atom stereocenters. The largest absolute Gasteiger partial charge is 0.494 e. The van der Waals surface area contributed by atoms with Crippen LogP contribution in [0.3, 0.4) is 0 Å². The fraction of sp³-hybridized carbons (Fsp3) is 0.417. The van der Waals surface area contributed by atoms with E-state index >= 15 is 0 Å². The Hall–Kier alpha value is -3.20. The molecule has 1 saturated heterocycles. The third-order valence-electron chi connectivity index (χ3n) is 5.98. The molecule has 3 heterocycles. The number of aryl methyl sites for hydroxylation is 1. The minimum absolute atomic E-state index is 0.0465. The predicted octanol–water partition coefficient (Wildman–Crippen LogP) is 3.82. The average molecular weight is 469 g/mol. The van der Waals surface area contributed by atoms with E-state index < -0.39 is 0 Å². The van der Waals surface area contributed by atoms with E-state index in [4.69, 9.17) is 4.74 Å². The van der Waals surface area contributed by atoms with Gasteiger partial charge in [-0.2, -0.15) is 0 Å². The van der Waals surface area contributed by atoms with Crippen molar-refractivity contribution in [1.29, 1.82) is 0 Å². The Morgan fingerprint density at radius 2 is 2.00 bits per heavy atom. The molecule has 1 fully saturated rings. The van der Waals surface area contributed by atoms with Crippen LogP contribution >= 0.6 is 11.3 Å². The number of nitrogens with zero attached hydrogens (tertiary/aromatic N) is 3. The van der Waals surface area contributed by atoms with Gasteiger partial charge < -0.3 is 15.0 Å². The van der Waals surface area contributed by atoms with Crippen molar-refractivity contribution in [3.8, 4) is 5.75 Å². The molecule has 4 rings (SSSR count). The number of benzene rings is 1. The first-order chi connectivity index (χ1) is 15.9. The highest BCUT2D eigenvalue weighted by Gasteiger charge is 2.25. The van der Waals surface area contributed by atoms with Gasteiger partial charge >= 0.3 is 0 Å². The van der Waals surface area contributed by atoms with E-state index in [2.05, 4.69) is 10.3 Å². The zero-order valence-corrected chi connectivity index (χ0v) is 19.9. The van der Waals surface area contributed by atoms with Crippen LogP contribution in [0.1, 0.15) is 48.3 Å². The Kier molecular flexibility index (Phi) is 6.78. The maximum Gasteiger partial charge on any atom is 0.266 e. The van der Waals surface area contributed by atoms with E-state index in [0.717, 1.165) is 31.6 Å². The first kappa shape index (κ1) is 23.0. The molecular formula is C24H28N4O4S. The lowest BCUT2D eigenvalue weighted by Crippen LogP contribution is -2.44. The number of amides is 2. The predicted molar refractivity (Wildman–Crippen MR) is 129 cm³/mol. The van der Waals surface area contributed by atoms with Crippen LogP contribution < -0.4 is 15.6 Å². The van der Waals surface area contributed by atoms with Gasteiger partial charge in [-0.15, -0.1) is 11.3 Å². The summed E-state index contributed by atoms with van der Waals surface area (Å²) in [6.45, 7) is 6.94. The lowest BCUT2D eigenvalue weighted by molar-refractivity contribution is -0.135. The number of hydrogen-bond donors (Lipinski definition) is 1. The fourth-order valence-electron chi connectivity index (χ4n) is 4.18. The van der Waals surface area contributed by atoms with Crippen LogP contribution in [0.15, 0.2) is 35.4 Å². The van der Waals surface area contributed by atoms with Gasteiger partial charge in [0.15, 0.2) is 0 Å². The summed E-state index contributed by atoms with van der Waals surface area (Å²) >= 11 is 1.18. The molecule has 2 amide bonds. The number of piperidine rings is 1. The molecule has 3 aromatic rings. The van der Waals surface area contributed by atoms with Gasteiger partial charge in [0, 0.05) is 18.3 Å². The van der Waals surface area contributed by atoms with Gasteiger partial charge in [-0.1, -0.05) is 0 Å². The number of anilines is 1. The lowest BCUT2D eigenvalue weighted by atomic mass is 10.0. The molecular weight excluding hydrogens is 440 g/mol. The van der Waals surface area contributed by atoms with Crippen LogP contribution in [0.5, 0.6) is 5.75 Å². The Labute approximate surface area is 196 Å². The minimum atomic E-state index is -0.302. The molecule has 0 aliphatic carbocycles. The monoisotopic (exact) mass is 468 g/mol. The second-order valence-corrected chi connectivity index (χ2v) is 9.26. The van der Waals surface area contributed by atoms with Crippen molar-refractivity contribution in [2.24, 2.45) is 0 Å². The smallest absolute Gasteiger partial charge is 0.266 e. The van der Waals surface area contributed by atoms with E-state index in [1.54, 1.807) is 31.2 Å². The number of aromatic nitrogens is 2. The molecule has 1 aromatic carbocycles. The van der Waals surface area contributed by atoms with Gasteiger partial charge in [-0.3, -0.25) is 19.0 Å². The summed E-state index contributed by atoms with van der Waals surface area (Å²) in [4.78, 5) is 46.0. The first-order valence-corrected chi connectivity index (χ1v) is 12.0. The molecule has 0 saturated carbocycles. The second kappa shape index (κ2) is 9.74. The van der Waals surface area contributed by atoms with Gasteiger partial charge in [0.25, 0.3) is 11.5 Å². The van der Waals surface area contributed by atoms with Gasteiger partial charge in [0.05, 0.1) is 23.2 Å². The summed E-state index contributed by atoms with van der Waals surface area (Å²) in [7, 11) is 0. The molecule has 9 heteroatoms. The molecule has 33 heavy (non-hydrogen) atoms. The lowest BCUT2D eigenvalue weighted by Gasteiger charge is -2.33. The van der Waals surface area contributed by atoms with Gasteiger partial charge in [0.2, 0.25) is 5.91 Å². The molecule has 8 nitrogen and oxygen atoms in total. The van der Waals surface area contributed by atoms with E-state index in [1.165, 1.54) is 22.2 Å². The Morgan fingerprint density at radius 3 is 2.70 bits per heavy atom. The Balaban J connectivity index is 1.55. The number of hydrogen-bond acceptors (Lipinski definition) is 6. The van der Waals surface area contributed by atoms with Crippen LogP contribution in [-0.2, 0) is 11.3 Å². The quantitative estimate of drug-likeness (QED) is 0.594. The highest BCUT2D eigenvalue weighted by atomic mass is 32.1. The van der Waals surface area contributed by atoms with Crippen LogP contribution in [0.2, 0.25) is 0 Å². The molecule has 1 unspecified atom stereocenters. The van der Waals surface area contributed by atoms with Crippen molar-refractivity contribution in [3.05, 3.63) is 51.4 Å². The fourth-order valence-corrected chi connectivity index (χ4v) is 5.22. The number of likely N-dealkylation sites (tertiary alicyclic amines) is 1. The van der Waals surface area contributed by atoms with Gasteiger partial charge in [-0.25, -0.2) is 4.98 Å². The Bertz CT molecular complexity index is 1230. The van der Waals surface area contributed by atoms with Crippen LogP contribution in [0.4, 0.5) is 5.69 Å². The molecule has 2 aromatic heterocycles. The highest BCUT2D eigenvalue weighted by molar-refractivity contribution is 7.20. The van der Waals surface area contributed by atoms with Crippen molar-refractivity contribution in [1.82, 2.24) is 14.5 Å². The zero-order chi connectivity index (χ0) is 23.5. The third kappa shape index (κ3) is 4.78. The summed E-state index contributed by atoms with van der Waals surface area (Å²) in [5.74, 6) is 0.349. The van der Waals surface area contributed by atoms with E-state index in [-0.39, 0.29) is 30.0 Å². The van der Waals surface area contributed by atoms with Crippen molar-refractivity contribution in [3.63, 3.8) is 0 Å². The highest BCUT2D eigenvalue weighted by Crippen LogP contribution is 2.28. The van der Waals surface area contributed by atoms with Gasteiger partial charge in [-0.05, 0) is 69.9 Å². The van der Waals surface area contributed by atoms with Crippen molar-refractivity contribution in [2.45, 2.75) is 52.6 Å². The molecule has 1 aliphatic heterocycles. The van der Waals surface area contributed by atoms with Crippen LogP contribution in [0.25, 0.3) is 10.2 Å². The number of ether oxygens (including phenoxy) is 1. The number of carbonyl (C=O) groups is 2. The zero-order valence-electron chi connectivity index (χ0n) is 19.1. The number of carbonyl (C=O) groups excluding carboxylic acids is 2. The number of thiophene rings is 1. The van der Waals surface area contributed by atoms with E-state index in [1.807, 2.05) is 18.7 Å². The summed E-state index contributed by atoms with van der Waals surface area (Å²) in [5.41, 5.74) is 0.905. The molecule has 174 valence electrons. The van der Waals surface area contributed by atoms with E-state index in [9.17, 15) is 14.4 Å². The van der Waals surface area contributed by atoms with Crippen LogP contribution in [-0.4, -0.2) is 45.5 Å². The number of fused-ring (bicyclic) bond motifs is 1. The third-order valence-corrected chi connectivity index (χ3v) is 7.17. The van der Waals surface area contributed by atoms with Crippen molar-refractivity contribution < 1.29 is 14.3 Å². The van der Waals surface area contributed by atoms with E-state index in [0.29, 0.717) is 33.0 Å². The SMILES string of the molecule is CCOc1ccc(NC(=O)c2sc3ncn(CC(=O)N4CCCCC4C)c(=O)c3c2C)cc1. The normalized spacial score (nSPS) is 16.1. The Morgan fingerprint density at radius 1 is 1.24 bits per heavy atom. The summed E-state index contributed by atoms with van der Waals surface area (Å²) < 4.78 is 6.77. The average Bonchev–Trinajstić information content (AvgIpc) is 3.14. The molecule has 1 aliphatic rings. The standard InChI is InChI=1S/C24H28N4O4S/c1-4-32-18-10-8-17(9-11-18)26-22(30)21-16(3)20-23(33-21)25-14-27(24(20)31)13-19(29)28-12-6-5-7-15(28)2/h8-11,14-15H,4-7,12-13H2,1-3H3,(H,26,30). The molecule has 0 spiro atoms. The maximum absolute atomic E-state index is 13.2. The summed E-state index contributed by atoms with van der Waals surface area (Å²) in [5, 5.41) is 3.25. The van der Waals surface area contributed by atoms with Crippen molar-refractivity contribution >= 4 is 39.1 Å². The molecule has 0 bridgehead atoms. The number of nitrogens with one attached hydrogen (secondary N) is 1. The molecule has 0 radical (unpaired) electrons. The maximum atomic E-state index is 13.2. The minimum Gasteiger partial charge on any atom is -0.494 e. The summed E-state index contributed by atoms with van der Waals surface area (Å²) in [6, 6.07) is 7.29. The first-order valence-electron chi connectivity index (χ1n) is 11.2. The van der Waals surface area contributed by atoms with Crippen LogP contribution in [0, 0.1) is 6.92 Å². The topological polar surface area (TPSA) is 93.5 Å². The van der Waals surface area contributed by atoms with Gasteiger partial charge in [0.1, 0.15) is 17.1 Å². The van der Waals surface area contributed by atoms with Crippen molar-refractivity contribution in [2.75, 3.05) is 18.5 Å². The molecule has 1 N–H and O–H groups in total. The second-order valence-electron chi connectivity index (χ2n) is 8.26. The number of rotatable bonds is 6.